The third-order valence-corrected chi connectivity index (χ3v) is 5.40. The fourth-order valence-corrected chi connectivity index (χ4v) is 3.88. The predicted octanol–water partition coefficient (Wildman–Crippen LogP) is 4.56. The number of thiazole rings is 1. The molecule has 2 heterocycles. The minimum absolute atomic E-state index is 0.0888. The van der Waals surface area contributed by atoms with Gasteiger partial charge in [-0.05, 0) is 42.0 Å². The van der Waals surface area contributed by atoms with Crippen LogP contribution < -0.4 is 4.90 Å². The van der Waals surface area contributed by atoms with Crippen LogP contribution in [0, 0.1) is 5.82 Å². The van der Waals surface area contributed by atoms with Crippen LogP contribution in [0.4, 0.5) is 9.52 Å². The summed E-state index contributed by atoms with van der Waals surface area (Å²) in [4.78, 5) is 31.0. The first-order valence-corrected chi connectivity index (χ1v) is 9.45. The smallest absolute Gasteiger partial charge is 0.301 e. The number of carbonyl (C=O) groups excluding carboxylic acids is 2. The standard InChI is InChI=1S/C20H12ClFN2O3S/c21-13-5-1-11(2-6-13)16-15(17(25)12-3-7-14(22)8-4-12)18(26)19(27)24(16)20-23-9-10-28-20/h1-10,16,25H. The lowest BCUT2D eigenvalue weighted by atomic mass is 9.95. The molecule has 0 spiro atoms. The summed E-state index contributed by atoms with van der Waals surface area (Å²) < 4.78 is 13.2. The van der Waals surface area contributed by atoms with Gasteiger partial charge in [0, 0.05) is 22.2 Å². The average molecular weight is 415 g/mol. The van der Waals surface area contributed by atoms with Crippen molar-refractivity contribution in [1.29, 1.82) is 0 Å². The fourth-order valence-electron chi connectivity index (χ4n) is 3.09. The molecule has 3 aromatic rings. The number of aromatic nitrogens is 1. The molecule has 1 amide bonds. The maximum Gasteiger partial charge on any atom is 0.301 e. The van der Waals surface area contributed by atoms with E-state index in [-0.39, 0.29) is 16.9 Å². The molecule has 0 saturated carbocycles. The van der Waals surface area contributed by atoms with Gasteiger partial charge in [-0.15, -0.1) is 11.3 Å². The molecule has 1 saturated heterocycles. The number of aliphatic hydroxyl groups is 1. The van der Waals surface area contributed by atoms with Gasteiger partial charge in [-0.1, -0.05) is 23.7 Å². The number of ketones is 1. The molecule has 0 bridgehead atoms. The van der Waals surface area contributed by atoms with Crippen molar-refractivity contribution in [1.82, 2.24) is 4.98 Å². The molecular weight excluding hydrogens is 403 g/mol. The van der Waals surface area contributed by atoms with Crippen LogP contribution in [0.15, 0.2) is 65.7 Å². The van der Waals surface area contributed by atoms with E-state index in [2.05, 4.69) is 4.98 Å². The Bertz CT molecular complexity index is 1080. The summed E-state index contributed by atoms with van der Waals surface area (Å²) in [5, 5.41) is 13.3. The zero-order chi connectivity index (χ0) is 19.8. The Kier molecular flexibility index (Phi) is 4.70. The molecule has 1 N–H and O–H groups in total. The highest BCUT2D eigenvalue weighted by atomic mass is 35.5. The van der Waals surface area contributed by atoms with Crippen molar-refractivity contribution in [2.45, 2.75) is 6.04 Å². The average Bonchev–Trinajstić information content (AvgIpc) is 3.30. The number of Topliss-reactive ketones (excluding diaryl/α,β-unsaturated/α-hetero) is 1. The maximum absolute atomic E-state index is 13.2. The second-order valence-corrected chi connectivity index (χ2v) is 7.35. The second-order valence-electron chi connectivity index (χ2n) is 6.04. The number of nitrogens with zero attached hydrogens (tertiary/aromatic N) is 2. The summed E-state index contributed by atoms with van der Waals surface area (Å²) in [6.45, 7) is 0. The highest BCUT2D eigenvalue weighted by Crippen LogP contribution is 2.42. The SMILES string of the molecule is O=C1C(=O)N(c2nccs2)C(c2ccc(Cl)cc2)C1=C(O)c1ccc(F)cc1. The third-order valence-electron chi connectivity index (χ3n) is 4.37. The van der Waals surface area contributed by atoms with E-state index in [1.54, 1.807) is 29.6 Å². The molecular formula is C20H12ClFN2O3S. The summed E-state index contributed by atoms with van der Waals surface area (Å²) >= 11 is 7.17. The highest BCUT2D eigenvalue weighted by molar-refractivity contribution is 7.14. The molecule has 0 aliphatic carbocycles. The molecule has 28 heavy (non-hydrogen) atoms. The molecule has 1 atom stereocenters. The zero-order valence-electron chi connectivity index (χ0n) is 14.2. The summed E-state index contributed by atoms with van der Waals surface area (Å²) in [6, 6.07) is 10.8. The van der Waals surface area contributed by atoms with Gasteiger partial charge >= 0.3 is 5.91 Å². The van der Waals surface area contributed by atoms with E-state index in [9.17, 15) is 19.1 Å². The van der Waals surface area contributed by atoms with E-state index in [1.165, 1.54) is 46.7 Å². The number of carbonyl (C=O) groups is 2. The lowest BCUT2D eigenvalue weighted by molar-refractivity contribution is -0.132. The van der Waals surface area contributed by atoms with Crippen molar-refractivity contribution in [2.24, 2.45) is 0 Å². The van der Waals surface area contributed by atoms with Crippen molar-refractivity contribution in [3.05, 3.63) is 87.6 Å². The Morgan fingerprint density at radius 3 is 2.39 bits per heavy atom. The topological polar surface area (TPSA) is 70.5 Å². The minimum Gasteiger partial charge on any atom is -0.507 e. The van der Waals surface area contributed by atoms with Gasteiger partial charge < -0.3 is 5.11 Å². The van der Waals surface area contributed by atoms with Gasteiger partial charge in [0.2, 0.25) is 0 Å². The summed E-state index contributed by atoms with van der Waals surface area (Å²) in [6.07, 6.45) is 1.53. The van der Waals surface area contributed by atoms with Crippen LogP contribution in [0.5, 0.6) is 0 Å². The molecule has 140 valence electrons. The molecule has 5 nitrogen and oxygen atoms in total. The Hall–Kier alpha value is -3.03. The Morgan fingerprint density at radius 1 is 1.11 bits per heavy atom. The molecule has 4 rings (SSSR count). The molecule has 1 fully saturated rings. The number of aliphatic hydroxyl groups excluding tert-OH is 1. The van der Waals surface area contributed by atoms with Gasteiger partial charge in [-0.2, -0.15) is 0 Å². The van der Waals surface area contributed by atoms with Crippen LogP contribution in [0.25, 0.3) is 5.76 Å². The largest absolute Gasteiger partial charge is 0.507 e. The van der Waals surface area contributed by atoms with Crippen molar-refractivity contribution in [3.63, 3.8) is 0 Å². The van der Waals surface area contributed by atoms with Crippen molar-refractivity contribution < 1.29 is 19.1 Å². The molecule has 1 aliphatic heterocycles. The van der Waals surface area contributed by atoms with E-state index >= 15 is 0 Å². The van der Waals surface area contributed by atoms with Gasteiger partial charge in [-0.3, -0.25) is 14.5 Å². The quantitative estimate of drug-likeness (QED) is 0.387. The van der Waals surface area contributed by atoms with Gasteiger partial charge in [-0.25, -0.2) is 9.37 Å². The van der Waals surface area contributed by atoms with Crippen molar-refractivity contribution >= 4 is 45.5 Å². The molecule has 8 heteroatoms. The number of hydrogen-bond acceptors (Lipinski definition) is 5. The number of hydrogen-bond donors (Lipinski definition) is 1. The monoisotopic (exact) mass is 414 g/mol. The van der Waals surface area contributed by atoms with Gasteiger partial charge in [0.15, 0.2) is 5.13 Å². The van der Waals surface area contributed by atoms with E-state index in [0.717, 1.165) is 0 Å². The highest BCUT2D eigenvalue weighted by Gasteiger charge is 2.47. The van der Waals surface area contributed by atoms with Gasteiger partial charge in [0.05, 0.1) is 11.6 Å². The third kappa shape index (κ3) is 3.08. The number of rotatable bonds is 3. The molecule has 1 aromatic heterocycles. The van der Waals surface area contributed by atoms with E-state index in [0.29, 0.717) is 15.7 Å². The van der Waals surface area contributed by atoms with Crippen molar-refractivity contribution in [3.8, 4) is 0 Å². The first-order valence-electron chi connectivity index (χ1n) is 8.19. The molecule has 0 radical (unpaired) electrons. The first kappa shape index (κ1) is 18.3. The van der Waals surface area contributed by atoms with Crippen LogP contribution in [0.1, 0.15) is 17.2 Å². The van der Waals surface area contributed by atoms with Crippen LogP contribution >= 0.6 is 22.9 Å². The van der Waals surface area contributed by atoms with Crippen LogP contribution in [-0.4, -0.2) is 21.8 Å². The number of benzene rings is 2. The van der Waals surface area contributed by atoms with Gasteiger partial charge in [0.1, 0.15) is 11.6 Å². The van der Waals surface area contributed by atoms with E-state index < -0.39 is 23.5 Å². The summed E-state index contributed by atoms with van der Waals surface area (Å²) in [5.41, 5.74) is 0.731. The second kappa shape index (κ2) is 7.18. The molecule has 1 aliphatic rings. The molecule has 2 aromatic carbocycles. The Balaban J connectivity index is 1.93. The van der Waals surface area contributed by atoms with E-state index in [1.807, 2.05) is 0 Å². The minimum atomic E-state index is -0.881. The normalized spacial score (nSPS) is 18.6. The number of anilines is 1. The number of amides is 1. The fraction of sp³-hybridized carbons (Fsp3) is 0.0500. The van der Waals surface area contributed by atoms with E-state index in [4.69, 9.17) is 11.6 Å². The zero-order valence-corrected chi connectivity index (χ0v) is 15.7. The van der Waals surface area contributed by atoms with Crippen molar-refractivity contribution in [2.75, 3.05) is 4.90 Å². The summed E-state index contributed by atoms with van der Waals surface area (Å²) in [7, 11) is 0. The lowest BCUT2D eigenvalue weighted by Crippen LogP contribution is -2.29. The van der Waals surface area contributed by atoms with Gasteiger partial charge in [0.25, 0.3) is 5.78 Å². The molecule has 1 unspecified atom stereocenters. The Labute approximate surface area is 168 Å². The first-order chi connectivity index (χ1) is 13.5. The maximum atomic E-state index is 13.2. The van der Waals surface area contributed by atoms with Crippen LogP contribution in [0.2, 0.25) is 5.02 Å². The van der Waals surface area contributed by atoms with Crippen LogP contribution in [-0.2, 0) is 9.59 Å². The summed E-state index contributed by atoms with van der Waals surface area (Å²) in [5.74, 6) is -2.48. The predicted molar refractivity (Wildman–Crippen MR) is 105 cm³/mol. The van der Waals surface area contributed by atoms with Crippen LogP contribution in [0.3, 0.4) is 0 Å². The number of halogens is 2. The lowest BCUT2D eigenvalue weighted by Gasteiger charge is -2.23. The Morgan fingerprint density at radius 2 is 1.79 bits per heavy atom.